The van der Waals surface area contributed by atoms with Crippen molar-refractivity contribution in [2.45, 2.75) is 45.2 Å². The number of carbonyl (C=O) groups is 1. The predicted molar refractivity (Wildman–Crippen MR) is 93.8 cm³/mol. The predicted octanol–water partition coefficient (Wildman–Crippen LogP) is 1.52. The van der Waals surface area contributed by atoms with Crippen molar-refractivity contribution in [3.63, 3.8) is 0 Å². The van der Waals surface area contributed by atoms with Gasteiger partial charge in [0.05, 0.1) is 18.8 Å². The zero-order valence-corrected chi connectivity index (χ0v) is 15.0. The monoisotopic (exact) mass is 348 g/mol. The molecule has 2 aromatic heterocycles. The number of nitrogens with one attached hydrogen (secondary N) is 2. The van der Waals surface area contributed by atoms with E-state index in [4.69, 9.17) is 4.74 Å². The van der Waals surface area contributed by atoms with Crippen molar-refractivity contribution in [1.29, 1.82) is 0 Å². The smallest absolute Gasteiger partial charge is 0.409 e. The lowest BCUT2D eigenvalue weighted by Crippen LogP contribution is -2.42. The Morgan fingerprint density at radius 2 is 2.04 bits per heavy atom. The highest BCUT2D eigenvalue weighted by Crippen LogP contribution is 2.20. The number of nitrogens with zero attached hydrogens (tertiary/aromatic N) is 4. The van der Waals surface area contributed by atoms with Crippen LogP contribution in [-0.4, -0.2) is 57.0 Å². The Bertz CT molecular complexity index is 826. The van der Waals surface area contributed by atoms with Crippen LogP contribution in [0.25, 0.3) is 11.0 Å². The molecule has 0 radical (unpaired) electrons. The highest BCUT2D eigenvalue weighted by Gasteiger charge is 2.24. The van der Waals surface area contributed by atoms with Gasteiger partial charge in [0.15, 0.2) is 5.65 Å². The lowest BCUT2D eigenvalue weighted by molar-refractivity contribution is 0.113. The molecule has 3 heterocycles. The molecule has 0 aliphatic carbocycles. The molecule has 0 unspecified atom stereocenters. The SMILES string of the molecule is COC(=O)N1CCC(Nc2nc3c(cnn3C(C)(C)C)c(=O)[nH]2)CC1. The van der Waals surface area contributed by atoms with Crippen molar-refractivity contribution in [1.82, 2.24) is 24.6 Å². The minimum absolute atomic E-state index is 0.132. The van der Waals surface area contributed by atoms with Crippen LogP contribution in [0.5, 0.6) is 0 Å². The number of rotatable bonds is 2. The minimum Gasteiger partial charge on any atom is -0.453 e. The van der Waals surface area contributed by atoms with Crippen LogP contribution in [0.15, 0.2) is 11.0 Å². The van der Waals surface area contributed by atoms with E-state index in [9.17, 15) is 9.59 Å². The van der Waals surface area contributed by atoms with Gasteiger partial charge in [-0.15, -0.1) is 0 Å². The van der Waals surface area contributed by atoms with Crippen molar-refractivity contribution < 1.29 is 9.53 Å². The average Bonchev–Trinajstić information content (AvgIpc) is 2.99. The van der Waals surface area contributed by atoms with E-state index < -0.39 is 0 Å². The number of carbonyl (C=O) groups excluding carboxylic acids is 1. The summed E-state index contributed by atoms with van der Waals surface area (Å²) in [5, 5.41) is 8.05. The second-order valence-electron chi connectivity index (χ2n) is 7.25. The molecule has 2 aromatic rings. The van der Waals surface area contributed by atoms with Gasteiger partial charge in [-0.2, -0.15) is 10.1 Å². The van der Waals surface area contributed by atoms with Crippen LogP contribution >= 0.6 is 0 Å². The zero-order chi connectivity index (χ0) is 18.2. The molecule has 0 spiro atoms. The molecule has 9 heteroatoms. The molecule has 3 rings (SSSR count). The number of hydrogen-bond donors (Lipinski definition) is 2. The van der Waals surface area contributed by atoms with Crippen molar-refractivity contribution in [3.05, 3.63) is 16.6 Å². The molecule has 0 atom stereocenters. The summed E-state index contributed by atoms with van der Waals surface area (Å²) in [6, 6.07) is 0.132. The third-order valence-electron chi connectivity index (χ3n) is 4.34. The van der Waals surface area contributed by atoms with Gasteiger partial charge in [0.25, 0.3) is 5.56 Å². The molecule has 1 aliphatic heterocycles. The van der Waals surface area contributed by atoms with Gasteiger partial charge in [0.1, 0.15) is 5.39 Å². The fraction of sp³-hybridized carbons (Fsp3) is 0.625. The maximum atomic E-state index is 12.3. The van der Waals surface area contributed by atoms with Crippen LogP contribution in [0, 0.1) is 0 Å². The van der Waals surface area contributed by atoms with Crippen molar-refractivity contribution in [2.24, 2.45) is 0 Å². The maximum Gasteiger partial charge on any atom is 0.409 e. The number of hydrogen-bond acceptors (Lipinski definition) is 6. The summed E-state index contributed by atoms with van der Waals surface area (Å²) in [4.78, 5) is 32.8. The summed E-state index contributed by atoms with van der Waals surface area (Å²) in [5.74, 6) is 0.431. The number of fused-ring (bicyclic) bond motifs is 1. The van der Waals surface area contributed by atoms with E-state index in [1.54, 1.807) is 15.8 Å². The van der Waals surface area contributed by atoms with Crippen LogP contribution in [0.3, 0.4) is 0 Å². The topological polar surface area (TPSA) is 105 Å². The summed E-state index contributed by atoms with van der Waals surface area (Å²) in [6.45, 7) is 7.25. The molecule has 25 heavy (non-hydrogen) atoms. The number of amides is 1. The van der Waals surface area contributed by atoms with E-state index in [1.807, 2.05) is 20.8 Å². The first-order valence-corrected chi connectivity index (χ1v) is 8.37. The van der Waals surface area contributed by atoms with Crippen molar-refractivity contribution in [2.75, 3.05) is 25.5 Å². The van der Waals surface area contributed by atoms with Crippen molar-refractivity contribution in [3.8, 4) is 0 Å². The average molecular weight is 348 g/mol. The molecule has 1 amide bonds. The largest absolute Gasteiger partial charge is 0.453 e. The van der Waals surface area contributed by atoms with Gasteiger partial charge >= 0.3 is 6.09 Å². The van der Waals surface area contributed by atoms with Crippen molar-refractivity contribution >= 4 is 23.1 Å². The molecule has 2 N–H and O–H groups in total. The van der Waals surface area contributed by atoms with Gasteiger partial charge in [0.2, 0.25) is 5.95 Å². The molecule has 9 nitrogen and oxygen atoms in total. The molecule has 1 aliphatic rings. The summed E-state index contributed by atoms with van der Waals surface area (Å²) < 4.78 is 6.49. The number of H-pyrrole nitrogens is 1. The molecule has 0 bridgehead atoms. The Hall–Kier alpha value is -2.58. The second-order valence-corrected chi connectivity index (χ2v) is 7.25. The van der Waals surface area contributed by atoms with Gasteiger partial charge < -0.3 is 15.0 Å². The number of aromatic nitrogens is 4. The molecular formula is C16H24N6O3. The Labute approximate surface area is 145 Å². The fourth-order valence-corrected chi connectivity index (χ4v) is 3.01. The molecule has 0 saturated carbocycles. The summed E-state index contributed by atoms with van der Waals surface area (Å²) in [7, 11) is 1.38. The first kappa shape index (κ1) is 17.2. The van der Waals surface area contributed by atoms with E-state index >= 15 is 0 Å². The van der Waals surface area contributed by atoms with E-state index in [2.05, 4.69) is 20.4 Å². The molecule has 136 valence electrons. The number of methoxy groups -OCH3 is 1. The van der Waals surface area contributed by atoms with E-state index in [1.165, 1.54) is 7.11 Å². The second kappa shape index (κ2) is 6.38. The first-order chi connectivity index (χ1) is 11.8. The van der Waals surface area contributed by atoms with Gasteiger partial charge in [-0.25, -0.2) is 9.48 Å². The zero-order valence-electron chi connectivity index (χ0n) is 15.0. The lowest BCUT2D eigenvalue weighted by atomic mass is 10.1. The van der Waals surface area contributed by atoms with E-state index in [0.717, 1.165) is 12.8 Å². The normalized spacial score (nSPS) is 16.2. The molecular weight excluding hydrogens is 324 g/mol. The number of ether oxygens (including phenoxy) is 1. The number of likely N-dealkylation sites (tertiary alicyclic amines) is 1. The van der Waals surface area contributed by atoms with Crippen LogP contribution in [-0.2, 0) is 10.3 Å². The highest BCUT2D eigenvalue weighted by molar-refractivity contribution is 5.74. The molecule has 0 aromatic carbocycles. The summed E-state index contributed by atoms with van der Waals surface area (Å²) in [6.07, 6.45) is 2.76. The Morgan fingerprint density at radius 3 is 2.64 bits per heavy atom. The Balaban J connectivity index is 1.79. The van der Waals surface area contributed by atoms with Crippen LogP contribution in [0.1, 0.15) is 33.6 Å². The summed E-state index contributed by atoms with van der Waals surface area (Å²) >= 11 is 0. The van der Waals surface area contributed by atoms with Gasteiger partial charge in [-0.05, 0) is 33.6 Å². The molecule has 1 saturated heterocycles. The van der Waals surface area contributed by atoms with Gasteiger partial charge in [0, 0.05) is 19.1 Å². The highest BCUT2D eigenvalue weighted by atomic mass is 16.5. The minimum atomic E-state index is -0.305. The van der Waals surface area contributed by atoms with Gasteiger partial charge in [-0.1, -0.05) is 0 Å². The maximum absolute atomic E-state index is 12.3. The number of aromatic amines is 1. The number of piperidine rings is 1. The first-order valence-electron chi connectivity index (χ1n) is 8.37. The molecule has 1 fully saturated rings. The van der Waals surface area contributed by atoms with E-state index in [-0.39, 0.29) is 23.2 Å². The van der Waals surface area contributed by atoms with E-state index in [0.29, 0.717) is 30.1 Å². The quantitative estimate of drug-likeness (QED) is 0.852. The van der Waals surface area contributed by atoms with Crippen LogP contribution < -0.4 is 10.9 Å². The fourth-order valence-electron chi connectivity index (χ4n) is 3.01. The Morgan fingerprint density at radius 1 is 1.36 bits per heavy atom. The third kappa shape index (κ3) is 3.45. The van der Waals surface area contributed by atoms with Gasteiger partial charge in [-0.3, -0.25) is 9.78 Å². The number of anilines is 1. The lowest BCUT2D eigenvalue weighted by Gasteiger charge is -2.31. The summed E-state index contributed by atoms with van der Waals surface area (Å²) in [5.41, 5.74) is 0.0758. The van der Waals surface area contributed by atoms with Crippen LogP contribution in [0.2, 0.25) is 0 Å². The standard InChI is InChI=1S/C16H24N6O3/c1-16(2,3)22-12-11(9-17-22)13(23)20-14(19-12)18-10-5-7-21(8-6-10)15(24)25-4/h9-10H,5-8H2,1-4H3,(H2,18,19,20,23). The van der Waals surface area contributed by atoms with Crippen LogP contribution in [0.4, 0.5) is 10.7 Å². The third-order valence-corrected chi connectivity index (χ3v) is 4.34. The Kier molecular flexibility index (Phi) is 4.40.